The van der Waals surface area contributed by atoms with E-state index in [0.29, 0.717) is 0 Å². The van der Waals surface area contributed by atoms with Gasteiger partial charge in [0.15, 0.2) is 0 Å². The van der Waals surface area contributed by atoms with E-state index in [-0.39, 0.29) is 0 Å². The third-order valence-electron chi connectivity index (χ3n) is 3.81. The van der Waals surface area contributed by atoms with Crippen molar-refractivity contribution < 1.29 is 0 Å². The molecule has 0 spiro atoms. The second-order valence-corrected chi connectivity index (χ2v) is 5.82. The molecular formula is C17H33N3. The second kappa shape index (κ2) is 12.0. The molecule has 0 aliphatic carbocycles. The van der Waals surface area contributed by atoms with Gasteiger partial charge in [-0.2, -0.15) is 0 Å². The monoisotopic (exact) mass is 279 g/mol. The van der Waals surface area contributed by atoms with Crippen LogP contribution in [0.25, 0.3) is 0 Å². The van der Waals surface area contributed by atoms with Crippen molar-refractivity contribution in [2.45, 2.75) is 84.2 Å². The van der Waals surface area contributed by atoms with Gasteiger partial charge in [0.2, 0.25) is 0 Å². The Hall–Kier alpha value is -0.830. The molecule has 0 fully saturated rings. The first-order valence-corrected chi connectivity index (χ1v) is 8.52. The molecule has 116 valence electrons. The smallest absolute Gasteiger partial charge is 0.0949 e. The minimum Gasteiger partial charge on any atom is -0.337 e. The third kappa shape index (κ3) is 8.36. The molecule has 0 bridgehead atoms. The van der Waals surface area contributed by atoms with E-state index in [1.165, 1.54) is 64.2 Å². The lowest BCUT2D eigenvalue weighted by Gasteiger charge is -2.03. The summed E-state index contributed by atoms with van der Waals surface area (Å²) in [6.07, 6.45) is 18.1. The van der Waals surface area contributed by atoms with Gasteiger partial charge in [-0.25, -0.2) is 4.98 Å². The SMILES string of the molecule is CCCCCCCCCCCCn1cnc(CNC)c1. The lowest BCUT2D eigenvalue weighted by atomic mass is 10.1. The highest BCUT2D eigenvalue weighted by Crippen LogP contribution is 2.11. The Labute approximate surface area is 125 Å². The molecule has 20 heavy (non-hydrogen) atoms. The number of nitrogens with zero attached hydrogens (tertiary/aromatic N) is 2. The van der Waals surface area contributed by atoms with Crippen LogP contribution in [0.2, 0.25) is 0 Å². The molecule has 0 atom stereocenters. The predicted molar refractivity (Wildman–Crippen MR) is 86.8 cm³/mol. The molecule has 0 aromatic carbocycles. The van der Waals surface area contributed by atoms with Gasteiger partial charge >= 0.3 is 0 Å². The Morgan fingerprint density at radius 3 is 2.15 bits per heavy atom. The third-order valence-corrected chi connectivity index (χ3v) is 3.81. The molecule has 1 aromatic rings. The van der Waals surface area contributed by atoms with Gasteiger partial charge in [-0.15, -0.1) is 0 Å². The number of unbranched alkanes of at least 4 members (excludes halogenated alkanes) is 9. The van der Waals surface area contributed by atoms with E-state index < -0.39 is 0 Å². The Balaban J connectivity index is 1.89. The maximum atomic E-state index is 4.37. The highest BCUT2D eigenvalue weighted by Gasteiger charge is 1.97. The fourth-order valence-electron chi connectivity index (χ4n) is 2.58. The summed E-state index contributed by atoms with van der Waals surface area (Å²) in [6.45, 7) is 4.26. The van der Waals surface area contributed by atoms with Crippen LogP contribution in [0.15, 0.2) is 12.5 Å². The van der Waals surface area contributed by atoms with E-state index in [1.54, 1.807) is 0 Å². The lowest BCUT2D eigenvalue weighted by Crippen LogP contribution is -2.05. The standard InChI is InChI=1S/C17H33N3/c1-3-4-5-6-7-8-9-10-11-12-13-20-15-17(14-18-2)19-16-20/h15-16,18H,3-14H2,1-2H3. The zero-order chi connectivity index (χ0) is 14.5. The van der Waals surface area contributed by atoms with E-state index >= 15 is 0 Å². The van der Waals surface area contributed by atoms with Crippen molar-refractivity contribution in [1.82, 2.24) is 14.9 Å². The van der Waals surface area contributed by atoms with Gasteiger partial charge in [-0.3, -0.25) is 0 Å². The molecular weight excluding hydrogens is 246 g/mol. The van der Waals surface area contributed by atoms with Gasteiger partial charge in [0.05, 0.1) is 12.0 Å². The number of aryl methyl sites for hydroxylation is 1. The van der Waals surface area contributed by atoms with Gasteiger partial charge in [0.25, 0.3) is 0 Å². The molecule has 1 heterocycles. The average molecular weight is 279 g/mol. The predicted octanol–water partition coefficient (Wildman–Crippen LogP) is 4.52. The second-order valence-electron chi connectivity index (χ2n) is 5.82. The molecule has 1 N–H and O–H groups in total. The van der Waals surface area contributed by atoms with Crippen molar-refractivity contribution in [3.63, 3.8) is 0 Å². The van der Waals surface area contributed by atoms with Gasteiger partial charge in [-0.05, 0) is 13.5 Å². The van der Waals surface area contributed by atoms with Crippen molar-refractivity contribution in [2.75, 3.05) is 7.05 Å². The molecule has 1 aromatic heterocycles. The van der Waals surface area contributed by atoms with Crippen LogP contribution < -0.4 is 5.32 Å². The molecule has 3 nitrogen and oxygen atoms in total. The van der Waals surface area contributed by atoms with Gasteiger partial charge in [0.1, 0.15) is 0 Å². The van der Waals surface area contributed by atoms with Crippen LogP contribution in [0.3, 0.4) is 0 Å². The maximum Gasteiger partial charge on any atom is 0.0949 e. The number of nitrogens with one attached hydrogen (secondary N) is 1. The molecule has 0 amide bonds. The number of rotatable bonds is 13. The normalized spacial score (nSPS) is 11.1. The lowest BCUT2D eigenvalue weighted by molar-refractivity contribution is 0.534. The minimum atomic E-state index is 0.866. The van der Waals surface area contributed by atoms with Gasteiger partial charge in [-0.1, -0.05) is 64.7 Å². The summed E-state index contributed by atoms with van der Waals surface area (Å²) in [5.41, 5.74) is 1.14. The Bertz CT molecular complexity index is 320. The first-order valence-electron chi connectivity index (χ1n) is 8.52. The van der Waals surface area contributed by atoms with Crippen molar-refractivity contribution in [2.24, 2.45) is 0 Å². The van der Waals surface area contributed by atoms with Crippen molar-refractivity contribution in [1.29, 1.82) is 0 Å². The fraction of sp³-hybridized carbons (Fsp3) is 0.824. The van der Waals surface area contributed by atoms with Crippen molar-refractivity contribution in [3.05, 3.63) is 18.2 Å². The Morgan fingerprint density at radius 1 is 0.950 bits per heavy atom. The molecule has 0 aliphatic heterocycles. The molecule has 0 unspecified atom stereocenters. The molecule has 0 radical (unpaired) electrons. The van der Waals surface area contributed by atoms with Crippen LogP contribution >= 0.6 is 0 Å². The summed E-state index contributed by atoms with van der Waals surface area (Å²) in [6, 6.07) is 0. The van der Waals surface area contributed by atoms with Crippen LogP contribution in [0.4, 0.5) is 0 Å². The quantitative estimate of drug-likeness (QED) is 0.538. The van der Waals surface area contributed by atoms with Crippen LogP contribution in [0, 0.1) is 0 Å². The summed E-state index contributed by atoms with van der Waals surface area (Å²) in [5, 5.41) is 3.13. The molecule has 1 rings (SSSR count). The van der Waals surface area contributed by atoms with Gasteiger partial charge < -0.3 is 9.88 Å². The van der Waals surface area contributed by atoms with E-state index in [9.17, 15) is 0 Å². The number of hydrogen-bond donors (Lipinski definition) is 1. The van der Waals surface area contributed by atoms with E-state index in [1.807, 2.05) is 13.4 Å². The minimum absolute atomic E-state index is 0.866. The van der Waals surface area contributed by atoms with Crippen molar-refractivity contribution in [3.8, 4) is 0 Å². The summed E-state index contributed by atoms with van der Waals surface area (Å²) in [4.78, 5) is 4.37. The zero-order valence-electron chi connectivity index (χ0n) is 13.5. The molecule has 3 heteroatoms. The number of hydrogen-bond acceptors (Lipinski definition) is 2. The topological polar surface area (TPSA) is 29.9 Å². The van der Waals surface area contributed by atoms with E-state index in [4.69, 9.17) is 0 Å². The Kier molecular flexibility index (Phi) is 10.3. The highest BCUT2D eigenvalue weighted by molar-refractivity contribution is 4.95. The fourth-order valence-corrected chi connectivity index (χ4v) is 2.58. The number of aromatic nitrogens is 2. The molecule has 0 saturated heterocycles. The zero-order valence-corrected chi connectivity index (χ0v) is 13.5. The first kappa shape index (κ1) is 17.2. The van der Waals surface area contributed by atoms with Crippen LogP contribution in [0.1, 0.15) is 76.8 Å². The maximum absolute atomic E-state index is 4.37. The first-order chi connectivity index (χ1) is 9.86. The Morgan fingerprint density at radius 2 is 1.55 bits per heavy atom. The molecule has 0 aliphatic rings. The number of imidazole rings is 1. The average Bonchev–Trinajstić information content (AvgIpc) is 2.89. The summed E-state index contributed by atoms with van der Waals surface area (Å²) in [7, 11) is 1.96. The summed E-state index contributed by atoms with van der Waals surface area (Å²) >= 11 is 0. The van der Waals surface area contributed by atoms with E-state index in [0.717, 1.165) is 18.8 Å². The van der Waals surface area contributed by atoms with Crippen LogP contribution in [-0.2, 0) is 13.1 Å². The van der Waals surface area contributed by atoms with Gasteiger partial charge in [0, 0.05) is 19.3 Å². The largest absolute Gasteiger partial charge is 0.337 e. The van der Waals surface area contributed by atoms with Crippen LogP contribution in [-0.4, -0.2) is 16.6 Å². The highest BCUT2D eigenvalue weighted by atomic mass is 15.0. The summed E-state index contributed by atoms with van der Waals surface area (Å²) in [5.74, 6) is 0. The summed E-state index contributed by atoms with van der Waals surface area (Å²) < 4.78 is 2.22. The van der Waals surface area contributed by atoms with E-state index in [2.05, 4.69) is 28.0 Å². The molecule has 0 saturated carbocycles. The van der Waals surface area contributed by atoms with Crippen molar-refractivity contribution >= 4 is 0 Å². The van der Waals surface area contributed by atoms with Crippen LogP contribution in [0.5, 0.6) is 0 Å².